The minimum Gasteiger partial charge on any atom is -0.493 e. The molecule has 0 aliphatic rings. The van der Waals surface area contributed by atoms with Crippen molar-refractivity contribution in [2.24, 2.45) is 7.05 Å². The molecule has 1 heterocycles. The first kappa shape index (κ1) is 15.7. The Hall–Kier alpha value is -1.72. The van der Waals surface area contributed by atoms with Crippen LogP contribution in [0.1, 0.15) is 23.7 Å². The topological polar surface area (TPSA) is 56.5 Å². The van der Waals surface area contributed by atoms with Gasteiger partial charge in [0, 0.05) is 18.8 Å². The molecule has 2 rings (SSSR count). The van der Waals surface area contributed by atoms with Crippen LogP contribution < -0.4 is 9.47 Å². The summed E-state index contributed by atoms with van der Waals surface area (Å²) in [7, 11) is 4.94. The summed E-state index contributed by atoms with van der Waals surface area (Å²) in [6.45, 7) is 0. The van der Waals surface area contributed by atoms with E-state index in [4.69, 9.17) is 21.1 Å². The number of methoxy groups -OCH3 is 2. The van der Waals surface area contributed by atoms with Gasteiger partial charge in [0.25, 0.3) is 0 Å². The first-order valence-corrected chi connectivity index (χ1v) is 7.00. The van der Waals surface area contributed by atoms with E-state index in [1.165, 1.54) is 7.11 Å². The third-order valence-electron chi connectivity index (χ3n) is 3.34. The smallest absolute Gasteiger partial charge is 0.179 e. The molecule has 114 valence electrons. The molecule has 21 heavy (non-hydrogen) atoms. The Balaban J connectivity index is 2.13. The molecule has 0 aliphatic heterocycles. The van der Waals surface area contributed by atoms with Crippen molar-refractivity contribution in [1.29, 1.82) is 0 Å². The molecule has 0 spiro atoms. The van der Waals surface area contributed by atoms with Crippen molar-refractivity contribution in [3.8, 4) is 11.5 Å². The zero-order chi connectivity index (χ0) is 15.4. The van der Waals surface area contributed by atoms with Gasteiger partial charge in [0.05, 0.1) is 31.5 Å². The van der Waals surface area contributed by atoms with E-state index >= 15 is 0 Å². The number of rotatable bonds is 6. The van der Waals surface area contributed by atoms with Gasteiger partial charge in [-0.15, -0.1) is 0 Å². The predicted molar refractivity (Wildman–Crippen MR) is 81.0 cm³/mol. The van der Waals surface area contributed by atoms with Gasteiger partial charge >= 0.3 is 0 Å². The number of hydrogen-bond acceptors (Lipinski definition) is 4. The predicted octanol–water partition coefficient (Wildman–Crippen LogP) is 2.76. The summed E-state index contributed by atoms with van der Waals surface area (Å²) in [6, 6.07) is 3.50. The second-order valence-corrected chi connectivity index (χ2v) is 5.16. The van der Waals surface area contributed by atoms with Gasteiger partial charge in [-0.05, 0) is 24.5 Å². The second kappa shape index (κ2) is 6.83. The maximum Gasteiger partial charge on any atom is 0.179 e. The van der Waals surface area contributed by atoms with Crippen molar-refractivity contribution < 1.29 is 14.6 Å². The quantitative estimate of drug-likeness (QED) is 0.891. The Morgan fingerprint density at radius 1 is 1.33 bits per heavy atom. The number of hydrogen-bond donors (Lipinski definition) is 1. The molecule has 1 atom stereocenters. The van der Waals surface area contributed by atoms with Gasteiger partial charge < -0.3 is 14.6 Å². The third-order valence-corrected chi connectivity index (χ3v) is 3.73. The van der Waals surface area contributed by atoms with E-state index in [0.717, 1.165) is 12.0 Å². The molecule has 6 heteroatoms. The normalized spacial score (nSPS) is 12.2. The van der Waals surface area contributed by atoms with Crippen molar-refractivity contribution in [2.45, 2.75) is 18.9 Å². The number of aryl methyl sites for hydroxylation is 2. The highest BCUT2D eigenvalue weighted by Crippen LogP contribution is 2.40. The lowest BCUT2D eigenvalue weighted by molar-refractivity contribution is 0.167. The molecule has 1 aromatic heterocycles. The molecule has 1 unspecified atom stereocenters. The summed E-state index contributed by atoms with van der Waals surface area (Å²) in [5.41, 5.74) is 1.71. The van der Waals surface area contributed by atoms with E-state index in [1.807, 2.05) is 13.2 Å². The standard InChI is InChI=1S/C15H19ClN2O3/c1-18-9-10(8-17-18)4-6-12(19)11-5-7-13(20-2)15(21-3)14(11)16/h5,7-9,12,19H,4,6H2,1-3H3. The Labute approximate surface area is 129 Å². The fourth-order valence-corrected chi connectivity index (χ4v) is 2.58. The first-order chi connectivity index (χ1) is 10.1. The van der Waals surface area contributed by atoms with Gasteiger partial charge in [-0.1, -0.05) is 17.7 Å². The maximum absolute atomic E-state index is 10.3. The van der Waals surface area contributed by atoms with Gasteiger partial charge in [-0.3, -0.25) is 4.68 Å². The number of aromatic nitrogens is 2. The molecular formula is C15H19ClN2O3. The molecule has 0 saturated heterocycles. The van der Waals surface area contributed by atoms with Crippen LogP contribution in [0.25, 0.3) is 0 Å². The molecule has 1 N–H and O–H groups in total. The highest BCUT2D eigenvalue weighted by Gasteiger charge is 2.18. The Morgan fingerprint density at radius 3 is 2.67 bits per heavy atom. The lowest BCUT2D eigenvalue weighted by Gasteiger charge is -2.16. The van der Waals surface area contributed by atoms with Crippen LogP contribution in [-0.4, -0.2) is 29.1 Å². The van der Waals surface area contributed by atoms with Crippen LogP contribution in [0.4, 0.5) is 0 Å². The molecule has 5 nitrogen and oxygen atoms in total. The average molecular weight is 311 g/mol. The molecule has 0 amide bonds. The van der Waals surface area contributed by atoms with E-state index in [-0.39, 0.29) is 0 Å². The minimum absolute atomic E-state index is 0.385. The van der Waals surface area contributed by atoms with Crippen LogP contribution >= 0.6 is 11.6 Å². The third kappa shape index (κ3) is 3.49. The fraction of sp³-hybridized carbons (Fsp3) is 0.400. The minimum atomic E-state index is -0.669. The average Bonchev–Trinajstić information content (AvgIpc) is 2.89. The van der Waals surface area contributed by atoms with E-state index in [9.17, 15) is 5.11 Å². The largest absolute Gasteiger partial charge is 0.493 e. The molecule has 0 radical (unpaired) electrons. The zero-order valence-electron chi connectivity index (χ0n) is 12.3. The molecule has 0 fully saturated rings. The number of nitrogens with zero attached hydrogens (tertiary/aromatic N) is 2. The highest BCUT2D eigenvalue weighted by atomic mass is 35.5. The lowest BCUT2D eigenvalue weighted by atomic mass is 10.0. The molecule has 1 aromatic carbocycles. The van der Waals surface area contributed by atoms with Gasteiger partial charge in [0.2, 0.25) is 0 Å². The first-order valence-electron chi connectivity index (χ1n) is 6.62. The van der Waals surface area contributed by atoms with Crippen LogP contribution in [-0.2, 0) is 13.5 Å². The van der Waals surface area contributed by atoms with Crippen LogP contribution in [0.15, 0.2) is 24.5 Å². The van der Waals surface area contributed by atoms with Gasteiger partial charge in [0.15, 0.2) is 11.5 Å². The Morgan fingerprint density at radius 2 is 2.10 bits per heavy atom. The van der Waals surface area contributed by atoms with Crippen molar-refractivity contribution in [2.75, 3.05) is 14.2 Å². The van der Waals surface area contributed by atoms with Gasteiger partial charge in [-0.25, -0.2) is 0 Å². The summed E-state index contributed by atoms with van der Waals surface area (Å²) < 4.78 is 12.2. The van der Waals surface area contributed by atoms with Crippen molar-refractivity contribution in [3.63, 3.8) is 0 Å². The van der Waals surface area contributed by atoms with E-state index in [0.29, 0.717) is 28.5 Å². The Bertz CT molecular complexity index is 613. The summed E-state index contributed by atoms with van der Waals surface area (Å²) in [5, 5.41) is 14.8. The SMILES string of the molecule is COc1ccc(C(O)CCc2cnn(C)c2)c(Cl)c1OC. The van der Waals surface area contributed by atoms with Gasteiger partial charge in [0.1, 0.15) is 0 Å². The van der Waals surface area contributed by atoms with E-state index < -0.39 is 6.10 Å². The number of aliphatic hydroxyl groups excluding tert-OH is 1. The zero-order valence-corrected chi connectivity index (χ0v) is 13.1. The second-order valence-electron chi connectivity index (χ2n) is 4.78. The van der Waals surface area contributed by atoms with Gasteiger partial charge in [-0.2, -0.15) is 5.10 Å². The van der Waals surface area contributed by atoms with Crippen LogP contribution in [0, 0.1) is 0 Å². The fourth-order valence-electron chi connectivity index (χ4n) is 2.22. The summed E-state index contributed by atoms with van der Waals surface area (Å²) in [6.07, 6.45) is 4.34. The number of ether oxygens (including phenoxy) is 2. The van der Waals surface area contributed by atoms with Crippen LogP contribution in [0.5, 0.6) is 11.5 Å². The molecule has 0 aliphatic carbocycles. The lowest BCUT2D eigenvalue weighted by Crippen LogP contribution is -2.02. The highest BCUT2D eigenvalue weighted by molar-refractivity contribution is 6.33. The van der Waals surface area contributed by atoms with Crippen molar-refractivity contribution in [3.05, 3.63) is 40.7 Å². The molecule has 0 bridgehead atoms. The van der Waals surface area contributed by atoms with E-state index in [1.54, 1.807) is 30.1 Å². The molecule has 2 aromatic rings. The summed E-state index contributed by atoms with van der Waals surface area (Å²) >= 11 is 6.29. The monoisotopic (exact) mass is 310 g/mol. The number of aliphatic hydroxyl groups is 1. The molecule has 0 saturated carbocycles. The summed E-state index contributed by atoms with van der Waals surface area (Å²) in [5.74, 6) is 0.989. The number of benzene rings is 1. The summed E-state index contributed by atoms with van der Waals surface area (Å²) in [4.78, 5) is 0. The maximum atomic E-state index is 10.3. The van der Waals surface area contributed by atoms with E-state index in [2.05, 4.69) is 5.10 Å². The van der Waals surface area contributed by atoms with Crippen molar-refractivity contribution >= 4 is 11.6 Å². The van der Waals surface area contributed by atoms with Crippen LogP contribution in [0.3, 0.4) is 0 Å². The Kier molecular flexibility index (Phi) is 5.09. The van der Waals surface area contributed by atoms with Crippen LogP contribution in [0.2, 0.25) is 5.02 Å². The molecular weight excluding hydrogens is 292 g/mol. The number of halogens is 1. The van der Waals surface area contributed by atoms with Crippen molar-refractivity contribution in [1.82, 2.24) is 9.78 Å².